The van der Waals surface area contributed by atoms with Gasteiger partial charge in [0.25, 0.3) is 0 Å². The first-order valence-corrected chi connectivity index (χ1v) is 4.30. The average Bonchev–Trinajstić information content (AvgIpc) is 2.61. The number of hydrogen-bond acceptors (Lipinski definition) is 2. The molecule has 0 aromatic carbocycles. The Labute approximate surface area is 105 Å². The number of aromatic nitrogens is 4. The van der Waals surface area contributed by atoms with Crippen molar-refractivity contribution >= 4 is 6.08 Å². The van der Waals surface area contributed by atoms with Crippen LogP contribution in [-0.4, -0.2) is 14.9 Å². The number of pyridine rings is 1. The van der Waals surface area contributed by atoms with Crippen molar-refractivity contribution in [3.05, 3.63) is 43.0 Å². The van der Waals surface area contributed by atoms with Gasteiger partial charge in [-0.3, -0.25) is 4.98 Å². The molecule has 0 aliphatic heterocycles. The SMILES string of the molecule is C=Cc1cn(-c2ccncc2)n[n+]1C.[I-]. The van der Waals surface area contributed by atoms with Gasteiger partial charge in [0.15, 0.2) is 17.6 Å². The molecule has 2 heterocycles. The first-order valence-electron chi connectivity index (χ1n) is 4.30. The van der Waals surface area contributed by atoms with E-state index in [0.29, 0.717) is 0 Å². The zero-order valence-electron chi connectivity index (χ0n) is 8.34. The fourth-order valence-corrected chi connectivity index (χ4v) is 1.24. The van der Waals surface area contributed by atoms with Gasteiger partial charge >= 0.3 is 0 Å². The van der Waals surface area contributed by atoms with E-state index in [4.69, 9.17) is 0 Å². The molecule has 15 heavy (non-hydrogen) atoms. The summed E-state index contributed by atoms with van der Waals surface area (Å²) >= 11 is 0. The summed E-state index contributed by atoms with van der Waals surface area (Å²) in [4.78, 5) is 3.95. The van der Waals surface area contributed by atoms with Gasteiger partial charge in [-0.25, -0.2) is 0 Å². The summed E-state index contributed by atoms with van der Waals surface area (Å²) in [6.45, 7) is 3.71. The van der Waals surface area contributed by atoms with Crippen LogP contribution in [0.2, 0.25) is 0 Å². The highest BCUT2D eigenvalue weighted by molar-refractivity contribution is 5.37. The van der Waals surface area contributed by atoms with E-state index in [1.54, 1.807) is 27.8 Å². The van der Waals surface area contributed by atoms with E-state index in [1.807, 2.05) is 25.4 Å². The first kappa shape index (κ1) is 11.8. The smallest absolute Gasteiger partial charge is 0.190 e. The molecular weight excluding hydrogens is 303 g/mol. The van der Waals surface area contributed by atoms with E-state index in [1.165, 1.54) is 0 Å². The number of aryl methyl sites for hydroxylation is 1. The lowest BCUT2D eigenvalue weighted by molar-refractivity contribution is -0.733. The molecule has 2 aromatic heterocycles. The van der Waals surface area contributed by atoms with Crippen LogP contribution >= 0.6 is 0 Å². The molecule has 0 saturated carbocycles. The minimum Gasteiger partial charge on any atom is -1.00 e. The van der Waals surface area contributed by atoms with Crippen LogP contribution in [-0.2, 0) is 7.05 Å². The maximum absolute atomic E-state index is 4.29. The molecule has 0 unspecified atom stereocenters. The van der Waals surface area contributed by atoms with Gasteiger partial charge in [0.05, 0.1) is 5.21 Å². The molecule has 0 bridgehead atoms. The van der Waals surface area contributed by atoms with Crippen molar-refractivity contribution in [3.63, 3.8) is 0 Å². The number of hydrogen-bond donors (Lipinski definition) is 0. The van der Waals surface area contributed by atoms with Gasteiger partial charge in [-0.2, -0.15) is 0 Å². The second kappa shape index (κ2) is 5.01. The summed E-state index contributed by atoms with van der Waals surface area (Å²) in [7, 11) is 1.88. The lowest BCUT2D eigenvalue weighted by Crippen LogP contribution is -3.00. The Morgan fingerprint density at radius 3 is 2.60 bits per heavy atom. The van der Waals surface area contributed by atoms with Crippen molar-refractivity contribution in [1.82, 2.24) is 14.9 Å². The fourth-order valence-electron chi connectivity index (χ4n) is 1.24. The van der Waals surface area contributed by atoms with Gasteiger partial charge in [0, 0.05) is 24.5 Å². The highest BCUT2D eigenvalue weighted by atomic mass is 127. The molecule has 4 nitrogen and oxygen atoms in total. The van der Waals surface area contributed by atoms with Crippen LogP contribution in [0.25, 0.3) is 11.8 Å². The Morgan fingerprint density at radius 2 is 2.07 bits per heavy atom. The second-order valence-corrected chi connectivity index (χ2v) is 2.92. The third-order valence-corrected chi connectivity index (χ3v) is 2.00. The highest BCUT2D eigenvalue weighted by Crippen LogP contribution is 2.03. The van der Waals surface area contributed by atoms with E-state index in [0.717, 1.165) is 11.4 Å². The monoisotopic (exact) mass is 314 g/mol. The molecule has 0 atom stereocenters. The van der Waals surface area contributed by atoms with Crippen LogP contribution in [0, 0.1) is 0 Å². The van der Waals surface area contributed by atoms with E-state index in [9.17, 15) is 0 Å². The van der Waals surface area contributed by atoms with Crippen molar-refractivity contribution in [2.24, 2.45) is 7.05 Å². The van der Waals surface area contributed by atoms with Crippen molar-refractivity contribution < 1.29 is 28.7 Å². The Hall–Kier alpha value is -1.24. The Morgan fingerprint density at radius 1 is 1.40 bits per heavy atom. The van der Waals surface area contributed by atoms with E-state index in [-0.39, 0.29) is 24.0 Å². The summed E-state index contributed by atoms with van der Waals surface area (Å²) in [5, 5.41) is 4.29. The molecule has 0 aliphatic carbocycles. The first-order chi connectivity index (χ1) is 6.81. The van der Waals surface area contributed by atoms with Crippen LogP contribution in [0.5, 0.6) is 0 Å². The Kier molecular flexibility index (Phi) is 3.96. The third-order valence-electron chi connectivity index (χ3n) is 2.00. The normalized spacial score (nSPS) is 9.40. The average molecular weight is 314 g/mol. The summed E-state index contributed by atoms with van der Waals surface area (Å²) in [6, 6.07) is 3.81. The Bertz CT molecular complexity index is 450. The largest absolute Gasteiger partial charge is 1.00 e. The topological polar surface area (TPSA) is 34.6 Å². The maximum atomic E-state index is 4.29. The van der Waals surface area contributed by atoms with Crippen molar-refractivity contribution in [3.8, 4) is 5.69 Å². The minimum atomic E-state index is 0. The van der Waals surface area contributed by atoms with Crippen LogP contribution in [0.4, 0.5) is 0 Å². The van der Waals surface area contributed by atoms with Crippen LogP contribution < -0.4 is 28.7 Å². The molecule has 0 radical (unpaired) electrons. The van der Waals surface area contributed by atoms with Crippen molar-refractivity contribution in [2.75, 3.05) is 0 Å². The van der Waals surface area contributed by atoms with E-state index < -0.39 is 0 Å². The standard InChI is InChI=1S/C10H11N4.HI/c1-3-9-8-14(12-13(9)2)10-4-6-11-7-5-10;/h3-8H,1H2,2H3;1H/q+1;/p-1. The lowest BCUT2D eigenvalue weighted by atomic mass is 10.4. The quantitative estimate of drug-likeness (QED) is 0.463. The predicted octanol–water partition coefficient (Wildman–Crippen LogP) is -2.26. The molecule has 78 valence electrons. The van der Waals surface area contributed by atoms with Gasteiger partial charge in [-0.15, -0.1) is 9.36 Å². The third kappa shape index (κ3) is 2.41. The predicted molar refractivity (Wildman–Crippen MR) is 52.6 cm³/mol. The van der Waals surface area contributed by atoms with Crippen molar-refractivity contribution in [1.29, 1.82) is 0 Å². The van der Waals surface area contributed by atoms with E-state index in [2.05, 4.69) is 16.8 Å². The van der Waals surface area contributed by atoms with Crippen LogP contribution in [0.3, 0.4) is 0 Å². The highest BCUT2D eigenvalue weighted by Gasteiger charge is 2.10. The van der Waals surface area contributed by atoms with Gasteiger partial charge in [-0.05, 0) is 6.08 Å². The Balaban J connectivity index is 0.00000112. The summed E-state index contributed by atoms with van der Waals surface area (Å²) in [6.07, 6.45) is 7.17. The molecular formula is C10H11IN4. The zero-order valence-corrected chi connectivity index (χ0v) is 10.5. The van der Waals surface area contributed by atoms with Gasteiger partial charge in [-0.1, -0.05) is 6.58 Å². The minimum absolute atomic E-state index is 0. The van der Waals surface area contributed by atoms with Gasteiger partial charge < -0.3 is 24.0 Å². The fraction of sp³-hybridized carbons (Fsp3) is 0.100. The molecule has 0 amide bonds. The molecule has 2 aromatic rings. The van der Waals surface area contributed by atoms with E-state index >= 15 is 0 Å². The molecule has 0 spiro atoms. The summed E-state index contributed by atoms with van der Waals surface area (Å²) in [5.74, 6) is 0. The molecule has 0 N–H and O–H groups in total. The van der Waals surface area contributed by atoms with Crippen molar-refractivity contribution in [2.45, 2.75) is 0 Å². The summed E-state index contributed by atoms with van der Waals surface area (Å²) in [5.41, 5.74) is 1.96. The maximum Gasteiger partial charge on any atom is 0.190 e. The number of rotatable bonds is 2. The van der Waals surface area contributed by atoms with Gasteiger partial charge in [0.1, 0.15) is 7.05 Å². The number of halogens is 1. The summed E-state index contributed by atoms with van der Waals surface area (Å²) < 4.78 is 3.56. The van der Waals surface area contributed by atoms with Crippen LogP contribution in [0.1, 0.15) is 5.69 Å². The molecule has 2 rings (SSSR count). The second-order valence-electron chi connectivity index (χ2n) is 2.92. The van der Waals surface area contributed by atoms with Gasteiger partial charge in [0.2, 0.25) is 0 Å². The molecule has 0 aliphatic rings. The molecule has 5 heteroatoms. The molecule has 0 fully saturated rings. The zero-order chi connectivity index (χ0) is 9.97. The molecule has 0 saturated heterocycles. The lowest BCUT2D eigenvalue weighted by Gasteiger charge is -1.88. The van der Waals surface area contributed by atoms with Crippen LogP contribution in [0.15, 0.2) is 37.3 Å². The number of nitrogens with zero attached hydrogens (tertiary/aromatic N) is 4.